The molecule has 0 aliphatic carbocycles. The van der Waals surface area contributed by atoms with E-state index in [2.05, 4.69) is 17.0 Å². The Morgan fingerprint density at radius 1 is 1.11 bits per heavy atom. The lowest BCUT2D eigenvalue weighted by atomic mass is 10.2. The molecule has 0 unspecified atom stereocenters. The highest BCUT2D eigenvalue weighted by atomic mass is 32.1. The number of nitrogen functional groups attached to an aromatic ring is 1. The molecule has 0 amide bonds. The van der Waals surface area contributed by atoms with Crippen LogP contribution in [0.2, 0.25) is 0 Å². The first-order chi connectivity index (χ1) is 8.83. The highest BCUT2D eigenvalue weighted by Gasteiger charge is 2.11. The third-order valence-electron chi connectivity index (χ3n) is 3.70. The molecule has 1 aliphatic rings. The number of hydrogen-bond donors (Lipinski definition) is 1. The molecule has 0 atom stereocenters. The van der Waals surface area contributed by atoms with E-state index in [1.165, 1.54) is 53.7 Å². The number of hydrogen-bond acceptors (Lipinski definition) is 3. The first-order valence-corrected chi connectivity index (χ1v) is 7.64. The van der Waals surface area contributed by atoms with Gasteiger partial charge in [-0.3, -0.25) is 4.90 Å². The zero-order valence-corrected chi connectivity index (χ0v) is 11.5. The summed E-state index contributed by atoms with van der Waals surface area (Å²) in [6.07, 6.45) is 5.51. The van der Waals surface area contributed by atoms with E-state index in [0.717, 1.165) is 12.2 Å². The fourth-order valence-electron chi connectivity index (χ4n) is 2.73. The molecule has 2 N–H and O–H groups in total. The minimum atomic E-state index is 0.916. The number of anilines is 1. The fourth-order valence-corrected chi connectivity index (χ4v) is 3.86. The van der Waals surface area contributed by atoms with Gasteiger partial charge in [0.1, 0.15) is 0 Å². The zero-order chi connectivity index (χ0) is 12.4. The standard InChI is InChI=1S/C15H20N2S/c16-14-7-5-6-12-10-13(18-15(12)14)11-17-8-3-1-2-4-9-17/h5-7,10H,1-4,8-9,11,16H2. The lowest BCUT2D eigenvalue weighted by Crippen LogP contribution is -2.23. The van der Waals surface area contributed by atoms with Crippen LogP contribution in [0.3, 0.4) is 0 Å². The molecule has 18 heavy (non-hydrogen) atoms. The Balaban J connectivity index is 1.79. The number of benzene rings is 1. The number of likely N-dealkylation sites (tertiary alicyclic amines) is 1. The van der Waals surface area contributed by atoms with Crippen LogP contribution in [0.5, 0.6) is 0 Å². The molecule has 2 heterocycles. The van der Waals surface area contributed by atoms with E-state index in [1.807, 2.05) is 23.5 Å². The van der Waals surface area contributed by atoms with Gasteiger partial charge in [-0.2, -0.15) is 0 Å². The van der Waals surface area contributed by atoms with Crippen LogP contribution in [-0.4, -0.2) is 18.0 Å². The van der Waals surface area contributed by atoms with E-state index in [0.29, 0.717) is 0 Å². The van der Waals surface area contributed by atoms with Crippen LogP contribution in [0.4, 0.5) is 5.69 Å². The Morgan fingerprint density at radius 3 is 2.61 bits per heavy atom. The summed E-state index contributed by atoms with van der Waals surface area (Å²) in [4.78, 5) is 4.04. The molecule has 0 bridgehead atoms. The van der Waals surface area contributed by atoms with Crippen molar-refractivity contribution in [2.24, 2.45) is 0 Å². The van der Waals surface area contributed by atoms with E-state index in [-0.39, 0.29) is 0 Å². The summed E-state index contributed by atoms with van der Waals surface area (Å²) in [5.41, 5.74) is 6.94. The third kappa shape index (κ3) is 2.52. The van der Waals surface area contributed by atoms with Crippen molar-refractivity contribution < 1.29 is 0 Å². The molecule has 1 fully saturated rings. The van der Waals surface area contributed by atoms with Gasteiger partial charge in [0, 0.05) is 17.1 Å². The van der Waals surface area contributed by atoms with Crippen molar-refractivity contribution in [2.45, 2.75) is 32.2 Å². The molecule has 3 rings (SSSR count). The zero-order valence-electron chi connectivity index (χ0n) is 10.7. The first kappa shape index (κ1) is 12.0. The lowest BCUT2D eigenvalue weighted by Gasteiger charge is -2.18. The van der Waals surface area contributed by atoms with Crippen molar-refractivity contribution in [3.05, 3.63) is 29.1 Å². The van der Waals surface area contributed by atoms with Crippen molar-refractivity contribution >= 4 is 27.1 Å². The molecule has 3 heteroatoms. The van der Waals surface area contributed by atoms with Crippen LogP contribution in [0.15, 0.2) is 24.3 Å². The molecular formula is C15H20N2S. The second kappa shape index (κ2) is 5.29. The predicted octanol–water partition coefficient (Wildman–Crippen LogP) is 3.86. The summed E-state index contributed by atoms with van der Waals surface area (Å²) in [5.74, 6) is 0. The van der Waals surface area contributed by atoms with Crippen molar-refractivity contribution in [1.29, 1.82) is 0 Å². The van der Waals surface area contributed by atoms with Crippen LogP contribution in [0.1, 0.15) is 30.6 Å². The largest absolute Gasteiger partial charge is 0.398 e. The van der Waals surface area contributed by atoms with E-state index < -0.39 is 0 Å². The van der Waals surface area contributed by atoms with E-state index >= 15 is 0 Å². The van der Waals surface area contributed by atoms with Crippen LogP contribution in [-0.2, 0) is 6.54 Å². The van der Waals surface area contributed by atoms with Crippen LogP contribution in [0, 0.1) is 0 Å². The maximum Gasteiger partial charge on any atom is 0.0575 e. The fraction of sp³-hybridized carbons (Fsp3) is 0.467. The van der Waals surface area contributed by atoms with Crippen molar-refractivity contribution in [2.75, 3.05) is 18.8 Å². The highest BCUT2D eigenvalue weighted by Crippen LogP contribution is 2.31. The molecule has 2 aromatic rings. The monoisotopic (exact) mass is 260 g/mol. The Kier molecular flexibility index (Phi) is 3.52. The van der Waals surface area contributed by atoms with Crippen molar-refractivity contribution in [3.8, 4) is 0 Å². The Hall–Kier alpha value is -1.06. The summed E-state index contributed by atoms with van der Waals surface area (Å²) in [6, 6.07) is 8.50. The molecule has 1 saturated heterocycles. The van der Waals surface area contributed by atoms with E-state index in [1.54, 1.807) is 0 Å². The summed E-state index contributed by atoms with van der Waals surface area (Å²) in [5, 5.41) is 1.30. The highest BCUT2D eigenvalue weighted by molar-refractivity contribution is 7.19. The Labute approximate surface area is 112 Å². The topological polar surface area (TPSA) is 29.3 Å². The predicted molar refractivity (Wildman–Crippen MR) is 80.0 cm³/mol. The number of rotatable bonds is 2. The van der Waals surface area contributed by atoms with Gasteiger partial charge in [-0.15, -0.1) is 11.3 Å². The van der Waals surface area contributed by atoms with E-state index in [4.69, 9.17) is 5.73 Å². The SMILES string of the molecule is Nc1cccc2cc(CN3CCCCCC3)sc12. The van der Waals surface area contributed by atoms with Gasteiger partial charge in [0.15, 0.2) is 0 Å². The lowest BCUT2D eigenvalue weighted by molar-refractivity contribution is 0.279. The number of nitrogens with zero attached hydrogens (tertiary/aromatic N) is 1. The molecule has 2 nitrogen and oxygen atoms in total. The molecule has 0 saturated carbocycles. The van der Waals surface area contributed by atoms with Gasteiger partial charge in [-0.25, -0.2) is 0 Å². The molecule has 1 aromatic heterocycles. The number of thiophene rings is 1. The maximum atomic E-state index is 6.02. The van der Waals surface area contributed by atoms with Gasteiger partial charge in [-0.05, 0) is 43.5 Å². The van der Waals surface area contributed by atoms with Crippen molar-refractivity contribution in [3.63, 3.8) is 0 Å². The molecule has 0 radical (unpaired) electrons. The van der Waals surface area contributed by atoms with Crippen LogP contribution >= 0.6 is 11.3 Å². The van der Waals surface area contributed by atoms with Crippen LogP contribution in [0.25, 0.3) is 10.1 Å². The molecule has 96 valence electrons. The van der Waals surface area contributed by atoms with Crippen molar-refractivity contribution in [1.82, 2.24) is 4.90 Å². The third-order valence-corrected chi connectivity index (χ3v) is 4.89. The smallest absolute Gasteiger partial charge is 0.0575 e. The van der Waals surface area contributed by atoms with E-state index in [9.17, 15) is 0 Å². The Morgan fingerprint density at radius 2 is 1.89 bits per heavy atom. The molecule has 0 spiro atoms. The first-order valence-electron chi connectivity index (χ1n) is 6.82. The quantitative estimate of drug-likeness (QED) is 0.831. The molecule has 1 aromatic carbocycles. The summed E-state index contributed by atoms with van der Waals surface area (Å²) in [7, 11) is 0. The second-order valence-electron chi connectivity index (χ2n) is 5.17. The Bertz CT molecular complexity index is 524. The van der Waals surface area contributed by atoms with Gasteiger partial charge in [0.05, 0.1) is 4.70 Å². The summed E-state index contributed by atoms with van der Waals surface area (Å²) >= 11 is 1.86. The van der Waals surface area contributed by atoms with Gasteiger partial charge in [-0.1, -0.05) is 25.0 Å². The molecular weight excluding hydrogens is 240 g/mol. The average molecular weight is 260 g/mol. The summed E-state index contributed by atoms with van der Waals surface area (Å²) < 4.78 is 1.25. The van der Waals surface area contributed by atoms with Crippen LogP contribution < -0.4 is 5.73 Å². The number of fused-ring (bicyclic) bond motifs is 1. The maximum absolute atomic E-state index is 6.02. The second-order valence-corrected chi connectivity index (χ2v) is 6.31. The van der Waals surface area contributed by atoms with Gasteiger partial charge >= 0.3 is 0 Å². The van der Waals surface area contributed by atoms with Gasteiger partial charge in [0.25, 0.3) is 0 Å². The minimum Gasteiger partial charge on any atom is -0.398 e. The van der Waals surface area contributed by atoms with Gasteiger partial charge in [0.2, 0.25) is 0 Å². The minimum absolute atomic E-state index is 0.916. The molecule has 1 aliphatic heterocycles. The number of nitrogens with two attached hydrogens (primary N) is 1. The normalized spacial score (nSPS) is 18.0. The van der Waals surface area contributed by atoms with Gasteiger partial charge < -0.3 is 5.73 Å². The summed E-state index contributed by atoms with van der Waals surface area (Å²) in [6.45, 7) is 3.60. The average Bonchev–Trinajstić information content (AvgIpc) is 2.60.